The molecule has 0 saturated heterocycles. The lowest BCUT2D eigenvalue weighted by Gasteiger charge is -2.09. The summed E-state index contributed by atoms with van der Waals surface area (Å²) in [5.41, 5.74) is -4.33. The SMILES string of the molecule is O=[N+]([O-])c1ccc(CO)cc1OCCSC(F)(F)F. The number of halogens is 3. The second-order valence-corrected chi connectivity index (χ2v) is 4.52. The first-order valence-electron chi connectivity index (χ1n) is 5.05. The smallest absolute Gasteiger partial charge is 0.441 e. The van der Waals surface area contributed by atoms with Crippen molar-refractivity contribution < 1.29 is 27.9 Å². The minimum absolute atomic E-state index is 0.153. The Labute approximate surface area is 110 Å². The van der Waals surface area contributed by atoms with Crippen LogP contribution in [0.2, 0.25) is 0 Å². The van der Waals surface area contributed by atoms with Gasteiger partial charge in [0.25, 0.3) is 0 Å². The fourth-order valence-corrected chi connectivity index (χ4v) is 1.63. The van der Waals surface area contributed by atoms with Gasteiger partial charge in [-0.1, -0.05) is 0 Å². The van der Waals surface area contributed by atoms with Crippen LogP contribution in [0.15, 0.2) is 18.2 Å². The van der Waals surface area contributed by atoms with Crippen molar-refractivity contribution in [2.75, 3.05) is 12.4 Å². The summed E-state index contributed by atoms with van der Waals surface area (Å²) >= 11 is -0.267. The van der Waals surface area contributed by atoms with Crippen LogP contribution in [-0.2, 0) is 6.61 Å². The molecule has 0 fully saturated rings. The normalized spacial score (nSPS) is 11.4. The van der Waals surface area contributed by atoms with Gasteiger partial charge in [-0.2, -0.15) is 13.2 Å². The highest BCUT2D eigenvalue weighted by Gasteiger charge is 2.27. The average molecular weight is 297 g/mol. The number of thioether (sulfide) groups is 1. The quantitative estimate of drug-likeness (QED) is 0.496. The Bertz CT molecular complexity index is 453. The predicted octanol–water partition coefficient (Wildman–Crippen LogP) is 2.72. The van der Waals surface area contributed by atoms with E-state index in [1.165, 1.54) is 12.1 Å². The van der Waals surface area contributed by atoms with Gasteiger partial charge >= 0.3 is 11.2 Å². The fraction of sp³-hybridized carbons (Fsp3) is 0.400. The Kier molecular flexibility index (Phi) is 5.43. The molecule has 0 aromatic heterocycles. The average Bonchev–Trinajstić information content (AvgIpc) is 2.33. The molecule has 5 nitrogen and oxygen atoms in total. The molecule has 0 unspecified atom stereocenters. The van der Waals surface area contributed by atoms with Gasteiger partial charge < -0.3 is 9.84 Å². The van der Waals surface area contributed by atoms with Crippen LogP contribution < -0.4 is 4.74 Å². The summed E-state index contributed by atoms with van der Waals surface area (Å²) in [5.74, 6) is -0.524. The number of nitro groups is 1. The van der Waals surface area contributed by atoms with Crippen LogP contribution in [0.3, 0.4) is 0 Å². The Morgan fingerprint density at radius 1 is 1.42 bits per heavy atom. The molecule has 0 aliphatic carbocycles. The van der Waals surface area contributed by atoms with Crippen LogP contribution in [0, 0.1) is 10.1 Å². The summed E-state index contributed by atoms with van der Waals surface area (Å²) in [7, 11) is 0. The third-order valence-electron chi connectivity index (χ3n) is 2.01. The van der Waals surface area contributed by atoms with Gasteiger partial charge in [0.05, 0.1) is 18.1 Å². The van der Waals surface area contributed by atoms with Crippen molar-refractivity contribution >= 4 is 17.4 Å². The van der Waals surface area contributed by atoms with E-state index in [1.54, 1.807) is 0 Å². The number of nitrogens with zero attached hydrogens (tertiary/aromatic N) is 1. The third-order valence-corrected chi connectivity index (χ3v) is 2.71. The first-order chi connectivity index (χ1) is 8.83. The Morgan fingerprint density at radius 2 is 2.11 bits per heavy atom. The number of benzene rings is 1. The van der Waals surface area contributed by atoms with E-state index >= 15 is 0 Å². The van der Waals surface area contributed by atoms with Crippen molar-refractivity contribution in [2.24, 2.45) is 0 Å². The number of rotatable bonds is 6. The molecular formula is C10H10F3NO4S. The molecule has 19 heavy (non-hydrogen) atoms. The second kappa shape index (κ2) is 6.62. The Balaban J connectivity index is 2.67. The molecule has 106 valence electrons. The van der Waals surface area contributed by atoms with E-state index in [4.69, 9.17) is 9.84 Å². The molecule has 0 spiro atoms. The van der Waals surface area contributed by atoms with Crippen molar-refractivity contribution in [3.8, 4) is 5.75 Å². The first-order valence-corrected chi connectivity index (χ1v) is 6.03. The van der Waals surface area contributed by atoms with Crippen molar-refractivity contribution in [1.82, 2.24) is 0 Å². The van der Waals surface area contributed by atoms with E-state index in [2.05, 4.69) is 0 Å². The zero-order valence-electron chi connectivity index (χ0n) is 9.51. The highest BCUT2D eigenvalue weighted by molar-refractivity contribution is 8.00. The van der Waals surface area contributed by atoms with E-state index in [1.807, 2.05) is 0 Å². The predicted molar refractivity (Wildman–Crippen MR) is 63.0 cm³/mol. The molecule has 0 bridgehead atoms. The highest BCUT2D eigenvalue weighted by Crippen LogP contribution is 2.31. The Morgan fingerprint density at radius 3 is 2.63 bits per heavy atom. The van der Waals surface area contributed by atoms with Crippen LogP contribution >= 0.6 is 11.8 Å². The van der Waals surface area contributed by atoms with Gasteiger partial charge in [0.2, 0.25) is 0 Å². The molecule has 0 aliphatic heterocycles. The largest absolute Gasteiger partial charge is 0.486 e. The highest BCUT2D eigenvalue weighted by atomic mass is 32.2. The zero-order valence-corrected chi connectivity index (χ0v) is 10.3. The second-order valence-electron chi connectivity index (χ2n) is 3.36. The molecule has 0 aliphatic rings. The van der Waals surface area contributed by atoms with Crippen LogP contribution in [-0.4, -0.2) is 27.9 Å². The summed E-state index contributed by atoms with van der Waals surface area (Å²) in [4.78, 5) is 9.99. The van der Waals surface area contributed by atoms with Crippen molar-refractivity contribution in [3.63, 3.8) is 0 Å². The number of nitro benzene ring substituents is 1. The number of aliphatic hydroxyl groups is 1. The first kappa shape index (κ1) is 15.6. The molecule has 1 rings (SSSR count). The molecule has 0 radical (unpaired) electrons. The lowest BCUT2D eigenvalue weighted by Crippen LogP contribution is -2.08. The van der Waals surface area contributed by atoms with Crippen LogP contribution in [0.5, 0.6) is 5.75 Å². The lowest BCUT2D eigenvalue weighted by molar-refractivity contribution is -0.385. The van der Waals surface area contributed by atoms with E-state index < -0.39 is 10.4 Å². The van der Waals surface area contributed by atoms with E-state index in [0.29, 0.717) is 5.56 Å². The van der Waals surface area contributed by atoms with Gasteiger partial charge in [-0.25, -0.2) is 0 Å². The molecule has 0 atom stereocenters. The zero-order chi connectivity index (χ0) is 14.5. The van der Waals surface area contributed by atoms with E-state index in [-0.39, 0.29) is 42.2 Å². The number of hydrogen-bond donors (Lipinski definition) is 1. The standard InChI is InChI=1S/C10H10F3NO4S/c11-10(12,13)19-4-3-18-9-5-7(6-15)1-2-8(9)14(16)17/h1-2,5,15H,3-4,6H2. The molecule has 9 heteroatoms. The maximum absolute atomic E-state index is 11.9. The van der Waals surface area contributed by atoms with Gasteiger partial charge in [0.1, 0.15) is 0 Å². The maximum atomic E-state index is 11.9. The van der Waals surface area contributed by atoms with E-state index in [9.17, 15) is 23.3 Å². The summed E-state index contributed by atoms with van der Waals surface area (Å²) in [6, 6.07) is 3.71. The minimum atomic E-state index is -4.36. The molecule has 1 N–H and O–H groups in total. The van der Waals surface area contributed by atoms with Gasteiger partial charge in [0, 0.05) is 11.8 Å². The molecule has 1 aromatic rings. The summed E-state index contributed by atoms with van der Waals surface area (Å²) in [6.07, 6.45) is 0. The Hall–Kier alpha value is -1.48. The van der Waals surface area contributed by atoms with Gasteiger partial charge in [0.15, 0.2) is 5.75 Å². The van der Waals surface area contributed by atoms with Crippen LogP contribution in [0.1, 0.15) is 5.56 Å². The maximum Gasteiger partial charge on any atom is 0.441 e. The fourth-order valence-electron chi connectivity index (χ4n) is 1.23. The monoisotopic (exact) mass is 297 g/mol. The topological polar surface area (TPSA) is 72.6 Å². The van der Waals surface area contributed by atoms with Crippen LogP contribution in [0.4, 0.5) is 18.9 Å². The number of aliphatic hydroxyl groups excluding tert-OH is 1. The summed E-state index contributed by atoms with van der Waals surface area (Å²) < 4.78 is 40.6. The number of alkyl halides is 3. The van der Waals surface area contributed by atoms with Crippen molar-refractivity contribution in [3.05, 3.63) is 33.9 Å². The van der Waals surface area contributed by atoms with Gasteiger partial charge in [-0.05, 0) is 29.5 Å². The molecule has 0 heterocycles. The molecule has 0 saturated carbocycles. The third kappa shape index (κ3) is 5.35. The van der Waals surface area contributed by atoms with Gasteiger partial charge in [-0.3, -0.25) is 10.1 Å². The van der Waals surface area contributed by atoms with Crippen molar-refractivity contribution in [2.45, 2.75) is 12.1 Å². The number of hydrogen-bond acceptors (Lipinski definition) is 5. The molecule has 1 aromatic carbocycles. The minimum Gasteiger partial charge on any atom is -0.486 e. The van der Waals surface area contributed by atoms with E-state index in [0.717, 1.165) is 6.07 Å². The molecule has 0 amide bonds. The van der Waals surface area contributed by atoms with Crippen LogP contribution in [0.25, 0.3) is 0 Å². The van der Waals surface area contributed by atoms with Gasteiger partial charge in [-0.15, -0.1) is 0 Å². The number of ether oxygens (including phenoxy) is 1. The summed E-state index contributed by atoms with van der Waals surface area (Å²) in [6.45, 7) is -0.661. The summed E-state index contributed by atoms with van der Waals surface area (Å²) in [5, 5.41) is 19.6. The lowest BCUT2D eigenvalue weighted by atomic mass is 10.2. The van der Waals surface area contributed by atoms with Crippen molar-refractivity contribution in [1.29, 1.82) is 0 Å². The molecular weight excluding hydrogens is 287 g/mol.